The second-order valence-electron chi connectivity index (χ2n) is 2.03. The van der Waals surface area contributed by atoms with Gasteiger partial charge in [-0.1, -0.05) is 0 Å². The highest BCUT2D eigenvalue weighted by molar-refractivity contribution is 7.80. The number of hydrogen-bond donors (Lipinski definition) is 3. The highest BCUT2D eigenvalue weighted by Gasteiger charge is 2.06. The number of hydrogen-bond acceptors (Lipinski definition) is 3. The highest BCUT2D eigenvalue weighted by atomic mass is 32.1. The van der Waals surface area contributed by atoms with E-state index >= 15 is 0 Å². The maximum absolute atomic E-state index is 4.17. The van der Waals surface area contributed by atoms with Crippen molar-refractivity contribution in [2.75, 3.05) is 12.8 Å². The van der Waals surface area contributed by atoms with Crippen LogP contribution in [0, 0.1) is 0 Å². The predicted octanol–water partition coefficient (Wildman–Crippen LogP) is 0.600. The van der Waals surface area contributed by atoms with Gasteiger partial charge in [0.15, 0.2) is 0 Å². The molecule has 0 spiro atoms. The first-order chi connectivity index (χ1) is 4.88. The van der Waals surface area contributed by atoms with E-state index in [1.165, 1.54) is 0 Å². The smallest absolute Gasteiger partial charge is 0.0922 e. The number of thiol groups is 1. The van der Waals surface area contributed by atoms with Crippen molar-refractivity contribution in [3.8, 4) is 0 Å². The predicted molar refractivity (Wildman–Crippen MR) is 44.2 cm³/mol. The van der Waals surface area contributed by atoms with Crippen LogP contribution in [0.4, 0.5) is 0 Å². The van der Waals surface area contributed by atoms with E-state index in [0.717, 1.165) is 11.4 Å². The summed E-state index contributed by atoms with van der Waals surface area (Å²) < 4.78 is 0. The van der Waals surface area contributed by atoms with E-state index in [2.05, 4.69) is 27.9 Å². The quantitative estimate of drug-likeness (QED) is 0.562. The molecule has 0 fully saturated rings. The molecule has 3 nitrogen and oxygen atoms in total. The molecule has 0 aliphatic heterocycles. The molecule has 0 saturated heterocycles. The second kappa shape index (κ2) is 3.63. The fraction of sp³-hybridized carbons (Fsp3) is 0.500. The molecule has 0 amide bonds. The minimum atomic E-state index is 0.283. The second-order valence-corrected chi connectivity index (χ2v) is 2.40. The van der Waals surface area contributed by atoms with Crippen LogP contribution in [-0.4, -0.2) is 22.8 Å². The van der Waals surface area contributed by atoms with Crippen molar-refractivity contribution in [2.24, 2.45) is 0 Å². The molecule has 1 heterocycles. The summed E-state index contributed by atoms with van der Waals surface area (Å²) in [5.41, 5.74) is 1.08. The lowest BCUT2D eigenvalue weighted by atomic mass is 10.3. The maximum atomic E-state index is 4.17. The summed E-state index contributed by atoms with van der Waals surface area (Å²) in [5.74, 6) is 0.776. The minimum absolute atomic E-state index is 0.283. The topological polar surface area (TPSA) is 40.7 Å². The molecular weight excluding hydrogens is 146 g/mol. The lowest BCUT2D eigenvalue weighted by molar-refractivity contribution is 0.647. The fourth-order valence-electron chi connectivity index (χ4n) is 0.802. The first kappa shape index (κ1) is 7.63. The zero-order chi connectivity index (χ0) is 7.40. The van der Waals surface area contributed by atoms with Crippen LogP contribution in [0.25, 0.3) is 0 Å². The Morgan fingerprint density at radius 3 is 3.10 bits per heavy atom. The zero-order valence-corrected chi connectivity index (χ0v) is 6.73. The number of nitrogens with zero attached hydrogens (tertiary/aromatic N) is 1. The summed E-state index contributed by atoms with van der Waals surface area (Å²) in [5, 5.41) is 3.11. The van der Waals surface area contributed by atoms with E-state index in [9.17, 15) is 0 Å². The van der Waals surface area contributed by atoms with E-state index < -0.39 is 0 Å². The van der Waals surface area contributed by atoms with Crippen molar-refractivity contribution in [1.29, 1.82) is 0 Å². The first-order valence-electron chi connectivity index (χ1n) is 3.15. The number of aromatic amines is 1. The lowest BCUT2D eigenvalue weighted by Gasteiger charge is -2.09. The average Bonchev–Trinajstić information content (AvgIpc) is 2.43. The summed E-state index contributed by atoms with van der Waals surface area (Å²) in [6, 6.07) is 0.283. The van der Waals surface area contributed by atoms with E-state index in [0.29, 0.717) is 0 Å². The van der Waals surface area contributed by atoms with Gasteiger partial charge in [0.2, 0.25) is 0 Å². The van der Waals surface area contributed by atoms with Crippen molar-refractivity contribution in [3.05, 3.63) is 18.2 Å². The number of imidazole rings is 1. The Hall–Kier alpha value is -0.480. The van der Waals surface area contributed by atoms with Crippen LogP contribution in [0.1, 0.15) is 11.7 Å². The standard InChI is InChI=1S/C6H11N3S/c1-7-6(3-10)5-2-8-4-9-5/h2,4,6-7,10H,3H2,1H3,(H,8,9)/t6-/m0/s1. The van der Waals surface area contributed by atoms with Gasteiger partial charge < -0.3 is 10.3 Å². The maximum Gasteiger partial charge on any atom is 0.0922 e. The molecule has 0 aromatic carbocycles. The first-order valence-corrected chi connectivity index (χ1v) is 3.78. The third kappa shape index (κ3) is 1.52. The molecule has 10 heavy (non-hydrogen) atoms. The Labute approximate surface area is 65.7 Å². The Kier molecular flexibility index (Phi) is 2.77. The van der Waals surface area contributed by atoms with Gasteiger partial charge >= 0.3 is 0 Å². The average molecular weight is 157 g/mol. The number of aromatic nitrogens is 2. The van der Waals surface area contributed by atoms with Crippen LogP contribution in [0.5, 0.6) is 0 Å². The Bertz CT molecular complexity index is 169. The molecular formula is C6H11N3S. The molecule has 1 aromatic rings. The fourth-order valence-corrected chi connectivity index (χ4v) is 1.18. The molecule has 2 N–H and O–H groups in total. The molecule has 1 rings (SSSR count). The van der Waals surface area contributed by atoms with E-state index in [-0.39, 0.29) is 6.04 Å². The third-order valence-electron chi connectivity index (χ3n) is 1.43. The highest BCUT2D eigenvalue weighted by Crippen LogP contribution is 2.08. The van der Waals surface area contributed by atoms with Gasteiger partial charge in [-0.3, -0.25) is 0 Å². The Morgan fingerprint density at radius 2 is 2.70 bits per heavy atom. The van der Waals surface area contributed by atoms with Gasteiger partial charge in [0.05, 0.1) is 18.1 Å². The molecule has 0 radical (unpaired) electrons. The summed E-state index contributed by atoms with van der Waals surface area (Å²) in [6.45, 7) is 0. The van der Waals surface area contributed by atoms with Gasteiger partial charge in [0.1, 0.15) is 0 Å². The van der Waals surface area contributed by atoms with Crippen LogP contribution in [0.2, 0.25) is 0 Å². The van der Waals surface area contributed by atoms with Gasteiger partial charge in [-0.25, -0.2) is 4.98 Å². The largest absolute Gasteiger partial charge is 0.347 e. The van der Waals surface area contributed by atoms with Gasteiger partial charge in [-0.05, 0) is 7.05 Å². The van der Waals surface area contributed by atoms with Crippen molar-refractivity contribution < 1.29 is 0 Å². The van der Waals surface area contributed by atoms with Crippen LogP contribution >= 0.6 is 12.6 Å². The molecule has 56 valence electrons. The Balaban J connectivity index is 2.64. The zero-order valence-electron chi connectivity index (χ0n) is 5.83. The normalized spacial score (nSPS) is 13.4. The molecule has 4 heteroatoms. The van der Waals surface area contributed by atoms with Crippen LogP contribution in [-0.2, 0) is 0 Å². The van der Waals surface area contributed by atoms with Gasteiger partial charge in [-0.2, -0.15) is 12.6 Å². The summed E-state index contributed by atoms with van der Waals surface area (Å²) in [6.07, 6.45) is 3.47. The van der Waals surface area contributed by atoms with Crippen molar-refractivity contribution in [1.82, 2.24) is 15.3 Å². The Morgan fingerprint density at radius 1 is 1.90 bits per heavy atom. The SMILES string of the molecule is CN[C@@H](CS)c1cnc[nH]1. The number of nitrogens with one attached hydrogen (secondary N) is 2. The van der Waals surface area contributed by atoms with Crippen molar-refractivity contribution in [2.45, 2.75) is 6.04 Å². The van der Waals surface area contributed by atoms with Crippen LogP contribution in [0.15, 0.2) is 12.5 Å². The molecule has 0 bridgehead atoms. The monoisotopic (exact) mass is 157 g/mol. The van der Waals surface area contributed by atoms with Crippen LogP contribution < -0.4 is 5.32 Å². The number of rotatable bonds is 3. The van der Waals surface area contributed by atoms with Gasteiger partial charge in [0.25, 0.3) is 0 Å². The summed E-state index contributed by atoms with van der Waals surface area (Å²) in [7, 11) is 1.90. The van der Waals surface area contributed by atoms with Gasteiger partial charge in [-0.15, -0.1) is 0 Å². The lowest BCUT2D eigenvalue weighted by Crippen LogP contribution is -2.17. The van der Waals surface area contributed by atoms with E-state index in [1.807, 2.05) is 7.05 Å². The summed E-state index contributed by atoms with van der Waals surface area (Å²) >= 11 is 4.17. The van der Waals surface area contributed by atoms with Crippen LogP contribution in [0.3, 0.4) is 0 Å². The molecule has 0 aliphatic carbocycles. The van der Waals surface area contributed by atoms with Crippen molar-refractivity contribution >= 4 is 12.6 Å². The molecule has 1 atom stereocenters. The van der Waals surface area contributed by atoms with E-state index in [1.54, 1.807) is 12.5 Å². The van der Waals surface area contributed by atoms with Crippen molar-refractivity contribution in [3.63, 3.8) is 0 Å². The summed E-state index contributed by atoms with van der Waals surface area (Å²) in [4.78, 5) is 6.93. The van der Waals surface area contributed by atoms with E-state index in [4.69, 9.17) is 0 Å². The van der Waals surface area contributed by atoms with Gasteiger partial charge in [0, 0.05) is 11.9 Å². The molecule has 0 aliphatic rings. The third-order valence-corrected chi connectivity index (χ3v) is 1.79. The molecule has 1 aromatic heterocycles. The molecule has 0 unspecified atom stereocenters. The minimum Gasteiger partial charge on any atom is -0.347 e. The molecule has 0 saturated carbocycles. The number of H-pyrrole nitrogens is 1.